The minimum atomic E-state index is -0.475. The first-order valence-corrected chi connectivity index (χ1v) is 8.14. The quantitative estimate of drug-likeness (QED) is 0.756. The van der Waals surface area contributed by atoms with Gasteiger partial charge in [0.15, 0.2) is 5.78 Å². The molecule has 0 radical (unpaired) electrons. The van der Waals surface area contributed by atoms with Crippen molar-refractivity contribution in [3.63, 3.8) is 0 Å². The van der Waals surface area contributed by atoms with Crippen LogP contribution in [0.15, 0.2) is 54.6 Å². The van der Waals surface area contributed by atoms with Crippen LogP contribution in [0.1, 0.15) is 35.3 Å². The highest BCUT2D eigenvalue weighted by Gasteiger charge is 2.20. The smallest absolute Gasteiger partial charge is 0.221 e. The molecule has 0 bridgehead atoms. The second-order valence-corrected chi connectivity index (χ2v) is 6.13. The molecule has 0 saturated carbocycles. The molecule has 4 nitrogen and oxygen atoms in total. The molecule has 2 aromatic carbocycles. The Kier molecular flexibility index (Phi) is 6.53. The molecule has 1 amide bonds. The van der Waals surface area contributed by atoms with E-state index in [1.807, 2.05) is 30.3 Å². The third kappa shape index (κ3) is 4.91. The van der Waals surface area contributed by atoms with Gasteiger partial charge in [-0.2, -0.15) is 0 Å². The number of benzene rings is 2. The number of hydrogen-bond acceptors (Lipinski definition) is 3. The van der Waals surface area contributed by atoms with Gasteiger partial charge in [-0.05, 0) is 29.8 Å². The zero-order chi connectivity index (χ0) is 17.5. The van der Waals surface area contributed by atoms with Crippen molar-refractivity contribution in [3.8, 4) is 0 Å². The maximum atomic E-state index is 12.3. The third-order valence-electron chi connectivity index (χ3n) is 3.79. The maximum Gasteiger partial charge on any atom is 0.221 e. The molecule has 0 aromatic heterocycles. The predicted molar refractivity (Wildman–Crippen MR) is 94.0 cm³/mol. The number of hydrogen-bond donors (Lipinski definition) is 2. The molecule has 0 saturated heterocycles. The first kappa shape index (κ1) is 18.2. The van der Waals surface area contributed by atoms with Crippen molar-refractivity contribution in [1.82, 2.24) is 5.32 Å². The van der Waals surface area contributed by atoms with Crippen LogP contribution in [0.5, 0.6) is 0 Å². The Bertz CT molecular complexity index is 686. The van der Waals surface area contributed by atoms with E-state index in [-0.39, 0.29) is 24.7 Å². The summed E-state index contributed by atoms with van der Waals surface area (Å²) in [6.45, 7) is 1.52. The molecule has 0 aliphatic heterocycles. The van der Waals surface area contributed by atoms with E-state index < -0.39 is 12.0 Å². The average Bonchev–Trinajstić information content (AvgIpc) is 2.60. The van der Waals surface area contributed by atoms with Gasteiger partial charge in [-0.15, -0.1) is 0 Å². The summed E-state index contributed by atoms with van der Waals surface area (Å²) in [6.07, 6.45) is 0.0603. The van der Waals surface area contributed by atoms with E-state index in [0.717, 1.165) is 5.56 Å². The van der Waals surface area contributed by atoms with E-state index in [4.69, 9.17) is 11.6 Å². The molecular weight excluding hydrogens is 326 g/mol. The molecule has 2 atom stereocenters. The van der Waals surface area contributed by atoms with E-state index in [9.17, 15) is 14.7 Å². The number of nitrogens with one attached hydrogen (secondary N) is 1. The zero-order valence-electron chi connectivity index (χ0n) is 13.4. The molecule has 0 spiro atoms. The van der Waals surface area contributed by atoms with Crippen molar-refractivity contribution in [1.29, 1.82) is 0 Å². The zero-order valence-corrected chi connectivity index (χ0v) is 14.2. The van der Waals surface area contributed by atoms with Gasteiger partial charge in [0, 0.05) is 22.9 Å². The molecule has 1 unspecified atom stereocenters. The van der Waals surface area contributed by atoms with Crippen molar-refractivity contribution in [2.24, 2.45) is 5.92 Å². The first-order chi connectivity index (χ1) is 11.5. The predicted octanol–water partition coefficient (Wildman–Crippen LogP) is 3.40. The van der Waals surface area contributed by atoms with Gasteiger partial charge in [0.1, 0.15) is 0 Å². The van der Waals surface area contributed by atoms with Gasteiger partial charge in [0.05, 0.1) is 12.6 Å². The Morgan fingerprint density at radius 1 is 1.08 bits per heavy atom. The number of aliphatic hydroxyl groups is 1. The lowest BCUT2D eigenvalue weighted by Crippen LogP contribution is -2.32. The SMILES string of the molecule is CC(CC(=O)N[C@H](CO)c1ccccc1)C(=O)c1ccc(Cl)cc1. The van der Waals surface area contributed by atoms with Crippen LogP contribution in [0.25, 0.3) is 0 Å². The summed E-state index contributed by atoms with van der Waals surface area (Å²) in [4.78, 5) is 24.5. The van der Waals surface area contributed by atoms with Crippen LogP contribution in [0.3, 0.4) is 0 Å². The van der Waals surface area contributed by atoms with Crippen molar-refractivity contribution in [2.45, 2.75) is 19.4 Å². The Labute approximate surface area is 146 Å². The van der Waals surface area contributed by atoms with Gasteiger partial charge >= 0.3 is 0 Å². The van der Waals surface area contributed by atoms with Crippen LogP contribution in [-0.4, -0.2) is 23.4 Å². The largest absolute Gasteiger partial charge is 0.394 e. The summed E-state index contributed by atoms with van der Waals surface area (Å²) < 4.78 is 0. The summed E-state index contributed by atoms with van der Waals surface area (Å²) in [5, 5.41) is 12.8. The van der Waals surface area contributed by atoms with E-state index in [1.54, 1.807) is 31.2 Å². The molecule has 24 heavy (non-hydrogen) atoms. The summed E-state index contributed by atoms with van der Waals surface area (Å²) >= 11 is 5.81. The van der Waals surface area contributed by atoms with Crippen LogP contribution >= 0.6 is 11.6 Å². The Morgan fingerprint density at radius 2 is 1.71 bits per heavy atom. The van der Waals surface area contributed by atoms with Gasteiger partial charge in [-0.25, -0.2) is 0 Å². The highest BCUT2D eigenvalue weighted by atomic mass is 35.5. The second kappa shape index (κ2) is 8.62. The molecular formula is C19H20ClNO3. The summed E-state index contributed by atoms with van der Waals surface area (Å²) in [5.74, 6) is -0.837. The van der Waals surface area contributed by atoms with E-state index in [1.165, 1.54) is 0 Å². The summed E-state index contributed by atoms with van der Waals surface area (Å²) in [7, 11) is 0. The fraction of sp³-hybridized carbons (Fsp3) is 0.263. The number of rotatable bonds is 7. The first-order valence-electron chi connectivity index (χ1n) is 7.76. The molecule has 2 rings (SSSR count). The van der Waals surface area contributed by atoms with E-state index >= 15 is 0 Å². The number of amides is 1. The lowest BCUT2D eigenvalue weighted by Gasteiger charge is -2.18. The van der Waals surface area contributed by atoms with E-state index in [0.29, 0.717) is 10.6 Å². The lowest BCUT2D eigenvalue weighted by atomic mass is 9.96. The number of ketones is 1. The molecule has 2 aromatic rings. The highest BCUT2D eigenvalue weighted by Crippen LogP contribution is 2.17. The number of carbonyl (C=O) groups excluding carboxylic acids is 2. The Balaban J connectivity index is 1.95. The van der Waals surface area contributed by atoms with Gasteiger partial charge < -0.3 is 10.4 Å². The second-order valence-electron chi connectivity index (χ2n) is 5.69. The standard InChI is InChI=1S/C19H20ClNO3/c1-13(19(24)15-7-9-16(20)10-8-15)11-18(23)21-17(12-22)14-5-3-2-4-6-14/h2-10,13,17,22H,11-12H2,1H3,(H,21,23)/t13?,17-/m1/s1. The van der Waals surface area contributed by atoms with Crippen LogP contribution < -0.4 is 5.32 Å². The Morgan fingerprint density at radius 3 is 2.29 bits per heavy atom. The van der Waals surface area contributed by atoms with Gasteiger partial charge in [0.25, 0.3) is 0 Å². The van der Waals surface area contributed by atoms with Crippen molar-refractivity contribution in [2.75, 3.05) is 6.61 Å². The minimum absolute atomic E-state index is 0.0603. The fourth-order valence-corrected chi connectivity index (χ4v) is 2.57. The lowest BCUT2D eigenvalue weighted by molar-refractivity contribution is -0.122. The van der Waals surface area contributed by atoms with Gasteiger partial charge in [0.2, 0.25) is 5.91 Å². The van der Waals surface area contributed by atoms with Crippen molar-refractivity contribution in [3.05, 3.63) is 70.7 Å². The molecule has 2 N–H and O–H groups in total. The molecule has 0 aliphatic rings. The number of halogens is 1. The molecule has 0 heterocycles. The number of aliphatic hydroxyl groups excluding tert-OH is 1. The van der Waals surface area contributed by atoms with Crippen LogP contribution in [0.2, 0.25) is 5.02 Å². The van der Waals surface area contributed by atoms with Crippen LogP contribution in [-0.2, 0) is 4.79 Å². The van der Waals surface area contributed by atoms with Gasteiger partial charge in [-0.1, -0.05) is 48.9 Å². The minimum Gasteiger partial charge on any atom is -0.394 e. The Hall–Kier alpha value is -2.17. The monoisotopic (exact) mass is 345 g/mol. The van der Waals surface area contributed by atoms with Crippen molar-refractivity contribution >= 4 is 23.3 Å². The third-order valence-corrected chi connectivity index (χ3v) is 4.04. The van der Waals surface area contributed by atoms with Crippen LogP contribution in [0, 0.1) is 5.92 Å². The topological polar surface area (TPSA) is 66.4 Å². The van der Waals surface area contributed by atoms with E-state index in [2.05, 4.69) is 5.32 Å². The molecule has 5 heteroatoms. The fourth-order valence-electron chi connectivity index (χ4n) is 2.44. The maximum absolute atomic E-state index is 12.3. The summed E-state index contributed by atoms with van der Waals surface area (Å²) in [6, 6.07) is 15.4. The average molecular weight is 346 g/mol. The molecule has 0 fully saturated rings. The van der Waals surface area contributed by atoms with Crippen molar-refractivity contribution < 1.29 is 14.7 Å². The number of Topliss-reactive ketones (excluding diaryl/α,β-unsaturated/α-hetero) is 1. The number of carbonyl (C=O) groups is 2. The highest BCUT2D eigenvalue weighted by molar-refractivity contribution is 6.30. The van der Waals surface area contributed by atoms with Crippen LogP contribution in [0.4, 0.5) is 0 Å². The molecule has 126 valence electrons. The molecule has 0 aliphatic carbocycles. The van der Waals surface area contributed by atoms with Gasteiger partial charge in [-0.3, -0.25) is 9.59 Å². The normalized spacial score (nSPS) is 13.1. The summed E-state index contributed by atoms with van der Waals surface area (Å²) in [5.41, 5.74) is 1.35.